The maximum Gasteiger partial charge on any atom is 0.236 e. The van der Waals surface area contributed by atoms with Crippen molar-refractivity contribution < 1.29 is 4.39 Å². The molecule has 0 aliphatic rings. The van der Waals surface area contributed by atoms with Crippen LogP contribution in [0, 0.1) is 13.8 Å². The lowest BCUT2D eigenvalue weighted by Gasteiger charge is -2.24. The smallest absolute Gasteiger partial charge is 0.236 e. The molecule has 0 fully saturated rings. The van der Waals surface area contributed by atoms with E-state index in [4.69, 9.17) is 0 Å². The average molecular weight is 372 g/mol. The molecule has 0 aliphatic heterocycles. The molecule has 0 saturated heterocycles. The minimum Gasteiger partial charge on any atom is -0.254 e. The number of alkyl halides is 1. The summed E-state index contributed by atoms with van der Waals surface area (Å²) in [6.07, 6.45) is 0. The molecular weight excluding hydrogens is 357 g/mol. The summed E-state index contributed by atoms with van der Waals surface area (Å²) in [6, 6.07) is 15.8. The molecular formula is C18H15BrFN3. The van der Waals surface area contributed by atoms with Crippen LogP contribution < -0.4 is 0 Å². The number of rotatable bonds is 3. The van der Waals surface area contributed by atoms with Gasteiger partial charge in [-0.05, 0) is 66.2 Å². The summed E-state index contributed by atoms with van der Waals surface area (Å²) in [5, 5.41) is 0. The van der Waals surface area contributed by atoms with Gasteiger partial charge in [0.2, 0.25) is 5.67 Å². The molecule has 0 unspecified atom stereocenters. The van der Waals surface area contributed by atoms with E-state index in [0.717, 1.165) is 11.4 Å². The molecule has 3 aromatic heterocycles. The van der Waals surface area contributed by atoms with Crippen molar-refractivity contribution in [1.82, 2.24) is 15.0 Å². The highest BCUT2D eigenvalue weighted by molar-refractivity contribution is 9.10. The third-order valence-corrected chi connectivity index (χ3v) is 3.99. The van der Waals surface area contributed by atoms with E-state index in [9.17, 15) is 0 Å². The van der Waals surface area contributed by atoms with E-state index >= 15 is 4.39 Å². The number of nitrogens with zero attached hydrogens (tertiary/aromatic N) is 3. The Morgan fingerprint density at radius 1 is 0.739 bits per heavy atom. The van der Waals surface area contributed by atoms with Crippen molar-refractivity contribution in [3.8, 4) is 0 Å². The van der Waals surface area contributed by atoms with Crippen molar-refractivity contribution in [2.24, 2.45) is 0 Å². The molecule has 3 rings (SSSR count). The Bertz CT molecular complexity index is 740. The van der Waals surface area contributed by atoms with Crippen molar-refractivity contribution in [2.45, 2.75) is 19.5 Å². The standard InChI is InChI=1S/C18H15BrFN3/c1-12-6-3-8-14(21-12)18(20,15-9-4-7-13(2)22-15)16-10-5-11-17(19)23-16/h3-11H,1-2H3. The summed E-state index contributed by atoms with van der Waals surface area (Å²) < 4.78 is 16.9. The quantitative estimate of drug-likeness (QED) is 0.635. The van der Waals surface area contributed by atoms with Gasteiger partial charge >= 0.3 is 0 Å². The second-order valence-corrected chi connectivity index (χ2v) is 6.14. The Balaban J connectivity index is 2.29. The van der Waals surface area contributed by atoms with Gasteiger partial charge in [0.05, 0.1) is 17.1 Å². The van der Waals surface area contributed by atoms with Crippen LogP contribution in [0.2, 0.25) is 0 Å². The average Bonchev–Trinajstić information content (AvgIpc) is 2.54. The molecule has 0 saturated carbocycles. The van der Waals surface area contributed by atoms with Crippen molar-refractivity contribution in [1.29, 1.82) is 0 Å². The van der Waals surface area contributed by atoms with Gasteiger partial charge < -0.3 is 0 Å². The minimum absolute atomic E-state index is 0.253. The third-order valence-electron chi connectivity index (χ3n) is 3.55. The van der Waals surface area contributed by atoms with Crippen LogP contribution in [0.4, 0.5) is 4.39 Å². The van der Waals surface area contributed by atoms with Gasteiger partial charge in [-0.3, -0.25) is 9.97 Å². The predicted octanol–water partition coefficient (Wildman–Crippen LogP) is 4.51. The largest absolute Gasteiger partial charge is 0.254 e. The van der Waals surface area contributed by atoms with Crippen LogP contribution in [-0.4, -0.2) is 15.0 Å². The zero-order valence-electron chi connectivity index (χ0n) is 12.8. The van der Waals surface area contributed by atoms with Gasteiger partial charge in [-0.15, -0.1) is 0 Å². The lowest BCUT2D eigenvalue weighted by Crippen LogP contribution is -2.28. The van der Waals surface area contributed by atoms with Crippen molar-refractivity contribution in [3.05, 3.63) is 87.7 Å². The number of hydrogen-bond donors (Lipinski definition) is 0. The van der Waals surface area contributed by atoms with E-state index < -0.39 is 5.67 Å². The zero-order valence-corrected chi connectivity index (χ0v) is 14.4. The van der Waals surface area contributed by atoms with Crippen LogP contribution in [0.5, 0.6) is 0 Å². The van der Waals surface area contributed by atoms with Gasteiger partial charge in [0.1, 0.15) is 4.60 Å². The molecule has 0 aliphatic carbocycles. The Hall–Kier alpha value is -2.14. The van der Waals surface area contributed by atoms with Gasteiger partial charge in [0.15, 0.2) is 0 Å². The third kappa shape index (κ3) is 3.01. The van der Waals surface area contributed by atoms with Gasteiger partial charge in [-0.1, -0.05) is 18.2 Å². The van der Waals surface area contributed by atoms with E-state index in [1.165, 1.54) is 0 Å². The molecule has 0 spiro atoms. The normalized spacial score (nSPS) is 11.5. The first kappa shape index (κ1) is 15.7. The van der Waals surface area contributed by atoms with Gasteiger partial charge in [-0.25, -0.2) is 9.37 Å². The monoisotopic (exact) mass is 371 g/mol. The van der Waals surface area contributed by atoms with Gasteiger partial charge in [0.25, 0.3) is 0 Å². The number of aromatic nitrogens is 3. The van der Waals surface area contributed by atoms with Crippen LogP contribution in [0.25, 0.3) is 0 Å². The van der Waals surface area contributed by atoms with E-state index in [-0.39, 0.29) is 17.1 Å². The SMILES string of the molecule is Cc1cccc(C(F)(c2cccc(C)n2)c2cccc(Br)n2)n1. The fourth-order valence-electron chi connectivity index (χ4n) is 2.46. The number of pyridine rings is 3. The molecule has 0 aromatic carbocycles. The summed E-state index contributed by atoms with van der Waals surface area (Å²) in [5.41, 5.74) is 0.284. The van der Waals surface area contributed by atoms with Crippen LogP contribution >= 0.6 is 15.9 Å². The van der Waals surface area contributed by atoms with Crippen molar-refractivity contribution in [2.75, 3.05) is 0 Å². The second-order valence-electron chi connectivity index (χ2n) is 5.33. The molecule has 5 heteroatoms. The maximum absolute atomic E-state index is 16.3. The molecule has 0 bridgehead atoms. The molecule has 0 N–H and O–H groups in total. The molecule has 0 amide bonds. The molecule has 3 nitrogen and oxygen atoms in total. The van der Waals surface area contributed by atoms with E-state index in [1.807, 2.05) is 26.0 Å². The summed E-state index contributed by atoms with van der Waals surface area (Å²) in [7, 11) is 0. The van der Waals surface area contributed by atoms with Crippen LogP contribution in [0.3, 0.4) is 0 Å². The fourth-order valence-corrected chi connectivity index (χ4v) is 2.81. The van der Waals surface area contributed by atoms with Crippen LogP contribution in [-0.2, 0) is 5.67 Å². The van der Waals surface area contributed by atoms with Crippen LogP contribution in [0.15, 0.2) is 59.2 Å². The highest BCUT2D eigenvalue weighted by atomic mass is 79.9. The van der Waals surface area contributed by atoms with E-state index in [0.29, 0.717) is 4.60 Å². The lowest BCUT2D eigenvalue weighted by atomic mass is 9.91. The molecule has 23 heavy (non-hydrogen) atoms. The van der Waals surface area contributed by atoms with Gasteiger partial charge in [-0.2, -0.15) is 0 Å². The van der Waals surface area contributed by atoms with Crippen LogP contribution in [0.1, 0.15) is 28.5 Å². The number of halogens is 2. The summed E-state index contributed by atoms with van der Waals surface area (Å²) in [5.74, 6) is 0. The first-order valence-corrected chi connectivity index (χ1v) is 7.99. The second kappa shape index (κ2) is 6.16. The molecule has 3 aromatic rings. The van der Waals surface area contributed by atoms with Gasteiger partial charge in [0, 0.05) is 11.4 Å². The van der Waals surface area contributed by atoms with E-state index in [2.05, 4.69) is 30.9 Å². The maximum atomic E-state index is 16.3. The topological polar surface area (TPSA) is 38.7 Å². The lowest BCUT2D eigenvalue weighted by molar-refractivity contribution is 0.257. The summed E-state index contributed by atoms with van der Waals surface area (Å²) in [4.78, 5) is 13.1. The highest BCUT2D eigenvalue weighted by Gasteiger charge is 2.41. The predicted molar refractivity (Wildman–Crippen MR) is 90.9 cm³/mol. The molecule has 3 heterocycles. The summed E-state index contributed by atoms with van der Waals surface area (Å²) >= 11 is 3.31. The fraction of sp³-hybridized carbons (Fsp3) is 0.167. The zero-order chi connectivity index (χ0) is 16.4. The molecule has 0 radical (unpaired) electrons. The van der Waals surface area contributed by atoms with Crippen molar-refractivity contribution >= 4 is 15.9 Å². The van der Waals surface area contributed by atoms with E-state index in [1.54, 1.807) is 42.5 Å². The Kier molecular flexibility index (Phi) is 4.22. The molecule has 0 atom stereocenters. The first-order chi connectivity index (χ1) is 11.0. The minimum atomic E-state index is -2.01. The Morgan fingerprint density at radius 3 is 1.61 bits per heavy atom. The Morgan fingerprint density at radius 2 is 1.17 bits per heavy atom. The summed E-state index contributed by atoms with van der Waals surface area (Å²) in [6.45, 7) is 3.67. The molecule has 116 valence electrons. The highest BCUT2D eigenvalue weighted by Crippen LogP contribution is 2.38. The van der Waals surface area contributed by atoms with Crippen molar-refractivity contribution in [3.63, 3.8) is 0 Å². The first-order valence-electron chi connectivity index (χ1n) is 7.20. The number of aryl methyl sites for hydroxylation is 2. The number of hydrogen-bond acceptors (Lipinski definition) is 3. The Labute approximate surface area is 142 Å².